The summed E-state index contributed by atoms with van der Waals surface area (Å²) in [5, 5.41) is 0. The molecular weight excluding hydrogens is 206 g/mol. The van der Waals surface area contributed by atoms with Crippen molar-refractivity contribution in [3.8, 4) is 0 Å². The van der Waals surface area contributed by atoms with E-state index in [4.69, 9.17) is 0 Å². The van der Waals surface area contributed by atoms with Crippen LogP contribution in [0.4, 0.5) is 0 Å². The van der Waals surface area contributed by atoms with Gasteiger partial charge in [0.25, 0.3) is 0 Å². The van der Waals surface area contributed by atoms with Gasteiger partial charge in [-0.1, -0.05) is 6.92 Å². The van der Waals surface area contributed by atoms with Crippen LogP contribution in [0.25, 0.3) is 0 Å². The van der Waals surface area contributed by atoms with Crippen LogP contribution in [-0.4, -0.2) is 15.0 Å². The van der Waals surface area contributed by atoms with E-state index in [0.29, 0.717) is 11.4 Å². The first-order valence-corrected chi connectivity index (χ1v) is 6.34. The zero-order chi connectivity index (χ0) is 10.1. The van der Waals surface area contributed by atoms with E-state index in [-0.39, 0.29) is 0 Å². The van der Waals surface area contributed by atoms with E-state index < -0.39 is 10.0 Å². The Labute approximate surface area is 82.8 Å². The Bertz CT molecular complexity index is 392. The molecule has 0 aromatic carbocycles. The maximum Gasteiger partial charge on any atom is 0.241 e. The van der Waals surface area contributed by atoms with Gasteiger partial charge in [-0.15, -0.1) is 11.3 Å². The minimum Gasteiger partial charge on any atom is -0.211 e. The molecule has 0 atom stereocenters. The number of aryl methyl sites for hydroxylation is 2. The first-order chi connectivity index (χ1) is 5.97. The average molecular weight is 219 g/mol. The second kappa shape index (κ2) is 3.77. The predicted octanol–water partition coefficient (Wildman–Crippen LogP) is 1.66. The summed E-state index contributed by atoms with van der Waals surface area (Å²) in [4.78, 5) is 2.28. The minimum absolute atomic E-state index is 0.414. The Morgan fingerprint density at radius 3 is 2.46 bits per heavy atom. The lowest BCUT2D eigenvalue weighted by Gasteiger charge is -2.02. The smallest absolute Gasteiger partial charge is 0.211 e. The van der Waals surface area contributed by atoms with E-state index in [1.165, 1.54) is 11.3 Å². The summed E-state index contributed by atoms with van der Waals surface area (Å²) in [5.41, 5.74) is 0. The first kappa shape index (κ1) is 10.7. The highest BCUT2D eigenvalue weighted by molar-refractivity contribution is 7.89. The molecule has 0 aliphatic rings. The second-order valence-corrected chi connectivity index (χ2v) is 5.97. The average Bonchev–Trinajstić information content (AvgIpc) is 2.30. The second-order valence-electron chi connectivity index (χ2n) is 2.78. The Hall–Kier alpha value is -0.390. The number of hydrogen-bond donors (Lipinski definition) is 1. The molecule has 0 spiro atoms. The van der Waals surface area contributed by atoms with Gasteiger partial charge in [0.1, 0.15) is 0 Å². The molecule has 0 saturated heterocycles. The molecule has 1 heterocycles. The molecule has 0 radical (unpaired) electrons. The molecular formula is C8H13NO2S2. The number of nitrogens with one attached hydrogen (secondary N) is 1. The fourth-order valence-corrected chi connectivity index (χ4v) is 3.74. The fourth-order valence-electron chi connectivity index (χ4n) is 1.14. The SMILES string of the molecule is CCNS(=O)(=O)c1cc(C)sc1C. The van der Waals surface area contributed by atoms with Gasteiger partial charge in [-0.05, 0) is 19.9 Å². The molecule has 1 aromatic heterocycles. The molecule has 1 rings (SSSR count). The fraction of sp³-hybridized carbons (Fsp3) is 0.500. The van der Waals surface area contributed by atoms with Gasteiger partial charge in [0.2, 0.25) is 10.0 Å². The third kappa shape index (κ3) is 2.30. The van der Waals surface area contributed by atoms with Crippen molar-refractivity contribution in [2.75, 3.05) is 6.54 Å². The molecule has 3 nitrogen and oxygen atoms in total. The van der Waals surface area contributed by atoms with Crippen LogP contribution in [0.3, 0.4) is 0 Å². The molecule has 74 valence electrons. The van der Waals surface area contributed by atoms with Gasteiger partial charge in [0.05, 0.1) is 4.90 Å². The standard InChI is InChI=1S/C8H13NO2S2/c1-4-9-13(10,11)8-5-6(2)12-7(8)3/h5,9H,4H2,1-3H3. The van der Waals surface area contributed by atoms with E-state index in [9.17, 15) is 8.42 Å². The van der Waals surface area contributed by atoms with Crippen LogP contribution in [0.15, 0.2) is 11.0 Å². The third-order valence-corrected chi connectivity index (χ3v) is 4.39. The first-order valence-electron chi connectivity index (χ1n) is 4.04. The van der Waals surface area contributed by atoms with Crippen LogP contribution in [-0.2, 0) is 10.0 Å². The Balaban J connectivity index is 3.14. The number of hydrogen-bond acceptors (Lipinski definition) is 3. The molecule has 0 amide bonds. The molecule has 0 aliphatic heterocycles. The van der Waals surface area contributed by atoms with Gasteiger partial charge in [-0.2, -0.15) is 0 Å². The third-order valence-electron chi connectivity index (χ3n) is 1.62. The van der Waals surface area contributed by atoms with Gasteiger partial charge < -0.3 is 0 Å². The highest BCUT2D eigenvalue weighted by atomic mass is 32.2. The normalized spacial score (nSPS) is 11.9. The molecule has 5 heteroatoms. The van der Waals surface area contributed by atoms with Crippen molar-refractivity contribution < 1.29 is 8.42 Å². The highest BCUT2D eigenvalue weighted by Crippen LogP contribution is 2.24. The summed E-state index contributed by atoms with van der Waals surface area (Å²) >= 11 is 1.50. The summed E-state index contributed by atoms with van der Waals surface area (Å²) in [6.07, 6.45) is 0. The molecule has 0 bridgehead atoms. The maximum absolute atomic E-state index is 11.6. The Morgan fingerprint density at radius 2 is 2.08 bits per heavy atom. The molecule has 0 unspecified atom stereocenters. The lowest BCUT2D eigenvalue weighted by atomic mass is 10.4. The van der Waals surface area contributed by atoms with E-state index >= 15 is 0 Å². The van der Waals surface area contributed by atoms with Crippen LogP contribution in [0.1, 0.15) is 16.7 Å². The highest BCUT2D eigenvalue weighted by Gasteiger charge is 2.17. The van der Waals surface area contributed by atoms with Crippen LogP contribution in [0.5, 0.6) is 0 Å². The minimum atomic E-state index is -3.26. The molecule has 13 heavy (non-hydrogen) atoms. The zero-order valence-electron chi connectivity index (χ0n) is 7.92. The van der Waals surface area contributed by atoms with E-state index in [1.807, 2.05) is 13.8 Å². The summed E-state index contributed by atoms with van der Waals surface area (Å²) in [7, 11) is -3.26. The van der Waals surface area contributed by atoms with Gasteiger partial charge in [-0.3, -0.25) is 0 Å². The largest absolute Gasteiger partial charge is 0.241 e. The summed E-state index contributed by atoms with van der Waals surface area (Å²) in [6, 6.07) is 1.71. The van der Waals surface area contributed by atoms with Gasteiger partial charge in [0, 0.05) is 16.3 Å². The van der Waals surface area contributed by atoms with Crippen LogP contribution in [0.2, 0.25) is 0 Å². The monoisotopic (exact) mass is 219 g/mol. The van der Waals surface area contributed by atoms with Crippen molar-refractivity contribution in [3.63, 3.8) is 0 Å². The van der Waals surface area contributed by atoms with Crippen LogP contribution < -0.4 is 4.72 Å². The molecule has 0 saturated carbocycles. The van der Waals surface area contributed by atoms with E-state index in [1.54, 1.807) is 13.0 Å². The number of thiophene rings is 1. The van der Waals surface area contributed by atoms with Crippen molar-refractivity contribution in [1.82, 2.24) is 4.72 Å². The lowest BCUT2D eigenvalue weighted by molar-refractivity contribution is 0.584. The summed E-state index contributed by atoms with van der Waals surface area (Å²) in [5.74, 6) is 0. The topological polar surface area (TPSA) is 46.2 Å². The zero-order valence-corrected chi connectivity index (χ0v) is 9.55. The van der Waals surface area contributed by atoms with Gasteiger partial charge in [0.15, 0.2) is 0 Å². The van der Waals surface area contributed by atoms with Crippen molar-refractivity contribution in [1.29, 1.82) is 0 Å². The Morgan fingerprint density at radius 1 is 1.46 bits per heavy atom. The van der Waals surface area contributed by atoms with E-state index in [0.717, 1.165) is 9.75 Å². The van der Waals surface area contributed by atoms with Gasteiger partial charge >= 0.3 is 0 Å². The predicted molar refractivity (Wildman–Crippen MR) is 54.7 cm³/mol. The van der Waals surface area contributed by atoms with Crippen LogP contribution in [0, 0.1) is 13.8 Å². The quantitative estimate of drug-likeness (QED) is 0.840. The Kier molecular flexibility index (Phi) is 3.10. The van der Waals surface area contributed by atoms with Crippen molar-refractivity contribution in [2.45, 2.75) is 25.7 Å². The molecule has 1 aromatic rings. The van der Waals surface area contributed by atoms with Gasteiger partial charge in [-0.25, -0.2) is 13.1 Å². The molecule has 0 fully saturated rings. The number of rotatable bonds is 3. The van der Waals surface area contributed by atoms with Crippen molar-refractivity contribution >= 4 is 21.4 Å². The lowest BCUT2D eigenvalue weighted by Crippen LogP contribution is -2.23. The van der Waals surface area contributed by atoms with Crippen molar-refractivity contribution in [3.05, 3.63) is 15.8 Å². The molecule has 0 aliphatic carbocycles. The van der Waals surface area contributed by atoms with Crippen molar-refractivity contribution in [2.24, 2.45) is 0 Å². The van der Waals surface area contributed by atoms with Crippen LogP contribution >= 0.6 is 11.3 Å². The summed E-state index contributed by atoms with van der Waals surface area (Å²) < 4.78 is 25.6. The summed E-state index contributed by atoms with van der Waals surface area (Å²) in [6.45, 7) is 5.92. The number of sulfonamides is 1. The van der Waals surface area contributed by atoms with E-state index in [2.05, 4.69) is 4.72 Å². The molecule has 1 N–H and O–H groups in total. The maximum atomic E-state index is 11.6.